The van der Waals surface area contributed by atoms with Crippen LogP contribution in [-0.2, 0) is 11.2 Å². The van der Waals surface area contributed by atoms with Crippen LogP contribution in [0.3, 0.4) is 0 Å². The van der Waals surface area contributed by atoms with Gasteiger partial charge in [0.15, 0.2) is 0 Å². The van der Waals surface area contributed by atoms with E-state index in [4.69, 9.17) is 10.5 Å². The second-order valence-electron chi connectivity index (χ2n) is 5.28. The van der Waals surface area contributed by atoms with Crippen molar-refractivity contribution in [2.75, 3.05) is 17.7 Å². The number of benzene rings is 2. The van der Waals surface area contributed by atoms with Crippen molar-refractivity contribution in [3.63, 3.8) is 0 Å². The van der Waals surface area contributed by atoms with Gasteiger partial charge in [0.25, 0.3) is 0 Å². The topological polar surface area (TPSA) is 64.3 Å². The van der Waals surface area contributed by atoms with Crippen LogP contribution in [0.4, 0.5) is 15.8 Å². The number of hydrogen-bond donors (Lipinski definition) is 2. The van der Waals surface area contributed by atoms with E-state index in [9.17, 15) is 9.18 Å². The Morgan fingerprint density at radius 3 is 2.61 bits per heavy atom. The Morgan fingerprint density at radius 2 is 1.96 bits per heavy atom. The maximum absolute atomic E-state index is 12.8. The molecule has 0 unspecified atom stereocenters. The highest BCUT2D eigenvalue weighted by atomic mass is 19.1. The Morgan fingerprint density at radius 1 is 1.22 bits per heavy atom. The highest BCUT2D eigenvalue weighted by molar-refractivity contribution is 5.90. The summed E-state index contributed by atoms with van der Waals surface area (Å²) in [5.41, 5.74) is 8.08. The molecule has 0 aliphatic heterocycles. The quantitative estimate of drug-likeness (QED) is 0.764. The fourth-order valence-electron chi connectivity index (χ4n) is 2.11. The molecule has 0 aliphatic carbocycles. The molecule has 0 saturated carbocycles. The highest BCUT2D eigenvalue weighted by Gasteiger charge is 2.06. The predicted molar refractivity (Wildman–Crippen MR) is 90.0 cm³/mol. The van der Waals surface area contributed by atoms with E-state index < -0.39 is 0 Å². The number of nitrogen functional groups attached to an aromatic ring is 1. The molecule has 0 saturated heterocycles. The van der Waals surface area contributed by atoms with Crippen molar-refractivity contribution in [1.82, 2.24) is 0 Å². The zero-order chi connectivity index (χ0) is 16.7. The van der Waals surface area contributed by atoms with Crippen molar-refractivity contribution in [2.45, 2.75) is 26.2 Å². The first-order chi connectivity index (χ1) is 11.1. The van der Waals surface area contributed by atoms with Crippen LogP contribution in [0.2, 0.25) is 0 Å². The summed E-state index contributed by atoms with van der Waals surface area (Å²) in [5.74, 6) is 0.219. The van der Waals surface area contributed by atoms with Gasteiger partial charge in [-0.1, -0.05) is 13.0 Å². The minimum absolute atomic E-state index is 0.124. The summed E-state index contributed by atoms with van der Waals surface area (Å²) in [4.78, 5) is 11.9. The first-order valence-electron chi connectivity index (χ1n) is 7.65. The highest BCUT2D eigenvalue weighted by Crippen LogP contribution is 2.23. The molecule has 0 heterocycles. The molecule has 4 nitrogen and oxygen atoms in total. The van der Waals surface area contributed by atoms with Crippen LogP contribution in [0.15, 0.2) is 42.5 Å². The number of carbonyl (C=O) groups is 1. The Labute approximate surface area is 135 Å². The molecule has 5 heteroatoms. The van der Waals surface area contributed by atoms with Crippen molar-refractivity contribution in [1.29, 1.82) is 0 Å². The second-order valence-corrected chi connectivity index (χ2v) is 5.28. The van der Waals surface area contributed by atoms with Gasteiger partial charge in [-0.15, -0.1) is 0 Å². The van der Waals surface area contributed by atoms with Crippen LogP contribution in [0.1, 0.15) is 25.3 Å². The number of halogens is 1. The largest absolute Gasteiger partial charge is 0.491 e. The van der Waals surface area contributed by atoms with Gasteiger partial charge in [-0.2, -0.15) is 0 Å². The van der Waals surface area contributed by atoms with Crippen molar-refractivity contribution in [3.8, 4) is 5.75 Å². The smallest absolute Gasteiger partial charge is 0.224 e. The number of nitrogens with one attached hydrogen (secondary N) is 1. The van der Waals surface area contributed by atoms with Gasteiger partial charge in [0.1, 0.15) is 11.6 Å². The van der Waals surface area contributed by atoms with Crippen molar-refractivity contribution < 1.29 is 13.9 Å². The molecular formula is C18H21FN2O2. The maximum atomic E-state index is 12.8. The SMILES string of the molecule is CCCOc1ccc(CCC(=O)Nc2ccc(F)cc2)cc1N. The third kappa shape index (κ3) is 5.29. The van der Waals surface area contributed by atoms with E-state index in [0.717, 1.165) is 12.0 Å². The lowest BCUT2D eigenvalue weighted by Gasteiger charge is -2.10. The molecule has 0 spiro atoms. The number of rotatable bonds is 7. The zero-order valence-corrected chi connectivity index (χ0v) is 13.1. The average molecular weight is 316 g/mol. The van der Waals surface area contributed by atoms with Crippen molar-refractivity contribution in [3.05, 3.63) is 53.8 Å². The summed E-state index contributed by atoms with van der Waals surface area (Å²) in [6, 6.07) is 11.3. The van der Waals surface area contributed by atoms with Gasteiger partial charge in [0.05, 0.1) is 12.3 Å². The number of amides is 1. The summed E-state index contributed by atoms with van der Waals surface area (Å²) in [6.45, 7) is 2.66. The monoisotopic (exact) mass is 316 g/mol. The van der Waals surface area contributed by atoms with E-state index >= 15 is 0 Å². The molecule has 23 heavy (non-hydrogen) atoms. The molecule has 2 aromatic rings. The van der Waals surface area contributed by atoms with E-state index in [1.54, 1.807) is 0 Å². The van der Waals surface area contributed by atoms with Crippen LogP contribution < -0.4 is 15.8 Å². The summed E-state index contributed by atoms with van der Waals surface area (Å²) in [6.07, 6.45) is 1.82. The third-order valence-electron chi connectivity index (χ3n) is 3.30. The van der Waals surface area contributed by atoms with Crippen molar-refractivity contribution in [2.24, 2.45) is 0 Å². The average Bonchev–Trinajstić information content (AvgIpc) is 2.54. The second kappa shape index (κ2) is 8.17. The number of nitrogens with two attached hydrogens (primary N) is 1. The number of hydrogen-bond acceptors (Lipinski definition) is 3. The number of aryl methyl sites for hydroxylation is 1. The Bertz CT molecular complexity index is 657. The van der Waals surface area contributed by atoms with E-state index in [2.05, 4.69) is 5.32 Å². The van der Waals surface area contributed by atoms with E-state index in [1.807, 2.05) is 25.1 Å². The summed E-state index contributed by atoms with van der Waals surface area (Å²) >= 11 is 0. The Balaban J connectivity index is 1.86. The fraction of sp³-hybridized carbons (Fsp3) is 0.278. The Kier molecular flexibility index (Phi) is 5.97. The van der Waals surface area contributed by atoms with E-state index in [1.165, 1.54) is 24.3 Å². The zero-order valence-electron chi connectivity index (χ0n) is 13.1. The lowest BCUT2D eigenvalue weighted by Crippen LogP contribution is -2.12. The van der Waals surface area contributed by atoms with E-state index in [-0.39, 0.29) is 11.7 Å². The first-order valence-corrected chi connectivity index (χ1v) is 7.65. The molecule has 0 aromatic heterocycles. The molecule has 0 aliphatic rings. The van der Waals surface area contributed by atoms with Crippen LogP contribution in [0, 0.1) is 5.82 Å². The first kappa shape index (κ1) is 16.8. The number of ether oxygens (including phenoxy) is 1. The standard InChI is InChI=1S/C18H21FN2O2/c1-2-11-23-17-9-3-13(12-16(17)20)4-10-18(22)21-15-7-5-14(19)6-8-15/h3,5-9,12H,2,4,10-11,20H2,1H3,(H,21,22). The lowest BCUT2D eigenvalue weighted by atomic mass is 10.1. The van der Waals surface area contributed by atoms with Gasteiger partial charge in [-0.25, -0.2) is 4.39 Å². The van der Waals surface area contributed by atoms with Crippen molar-refractivity contribution >= 4 is 17.3 Å². The molecule has 0 fully saturated rings. The van der Waals surface area contributed by atoms with Gasteiger partial charge >= 0.3 is 0 Å². The van der Waals surface area contributed by atoms with Crippen LogP contribution in [-0.4, -0.2) is 12.5 Å². The summed E-state index contributed by atoms with van der Waals surface area (Å²) < 4.78 is 18.3. The van der Waals surface area contributed by atoms with Crippen LogP contribution in [0.5, 0.6) is 5.75 Å². The molecule has 122 valence electrons. The molecular weight excluding hydrogens is 295 g/mol. The normalized spacial score (nSPS) is 10.3. The van der Waals surface area contributed by atoms with E-state index in [0.29, 0.717) is 36.6 Å². The molecule has 0 radical (unpaired) electrons. The molecule has 3 N–H and O–H groups in total. The Hall–Kier alpha value is -2.56. The maximum Gasteiger partial charge on any atom is 0.224 e. The minimum atomic E-state index is -0.330. The number of carbonyl (C=O) groups excluding carboxylic acids is 1. The molecule has 2 rings (SSSR count). The molecule has 0 atom stereocenters. The third-order valence-corrected chi connectivity index (χ3v) is 3.30. The van der Waals surface area contributed by atoms with Gasteiger partial charge in [0, 0.05) is 12.1 Å². The van der Waals surface area contributed by atoms with Crippen LogP contribution in [0.25, 0.3) is 0 Å². The predicted octanol–water partition coefficient (Wildman–Crippen LogP) is 3.77. The van der Waals surface area contributed by atoms with Gasteiger partial charge < -0.3 is 15.8 Å². The summed E-state index contributed by atoms with van der Waals surface area (Å²) in [7, 11) is 0. The fourth-order valence-corrected chi connectivity index (χ4v) is 2.11. The number of anilines is 2. The van der Waals surface area contributed by atoms with Crippen LogP contribution >= 0.6 is 0 Å². The van der Waals surface area contributed by atoms with Gasteiger partial charge in [-0.3, -0.25) is 4.79 Å². The molecule has 0 bridgehead atoms. The summed E-state index contributed by atoms with van der Waals surface area (Å²) in [5, 5.41) is 2.73. The molecule has 1 amide bonds. The lowest BCUT2D eigenvalue weighted by molar-refractivity contribution is -0.116. The molecule has 2 aromatic carbocycles. The van der Waals surface area contributed by atoms with Gasteiger partial charge in [0.2, 0.25) is 5.91 Å². The minimum Gasteiger partial charge on any atom is -0.491 e. The van der Waals surface area contributed by atoms with Gasteiger partial charge in [-0.05, 0) is 54.8 Å².